The minimum atomic E-state index is -3.92. The predicted octanol–water partition coefficient (Wildman–Crippen LogP) is 3.15. The number of furan rings is 1. The third-order valence-corrected chi connectivity index (χ3v) is 6.35. The number of amides is 1. The average molecular weight is 428 g/mol. The molecule has 156 valence electrons. The summed E-state index contributed by atoms with van der Waals surface area (Å²) in [5.41, 5.74) is 1.42. The summed E-state index contributed by atoms with van der Waals surface area (Å²) in [6, 6.07) is 14.8. The van der Waals surface area contributed by atoms with E-state index in [1.807, 2.05) is 6.92 Å². The van der Waals surface area contributed by atoms with Gasteiger partial charge in [0, 0.05) is 11.8 Å². The Hall–Kier alpha value is -3.30. The number of carbonyl (C=O) groups is 1. The molecule has 0 fully saturated rings. The van der Waals surface area contributed by atoms with Crippen molar-refractivity contribution in [2.24, 2.45) is 0 Å². The Bertz CT molecular complexity index is 1140. The molecule has 0 radical (unpaired) electrons. The topological polar surface area (TPSA) is 98.1 Å². The van der Waals surface area contributed by atoms with E-state index in [1.54, 1.807) is 42.5 Å². The van der Waals surface area contributed by atoms with Crippen LogP contribution in [0.4, 0.5) is 5.69 Å². The van der Waals surface area contributed by atoms with E-state index in [2.05, 4.69) is 5.32 Å². The number of ether oxygens (including phenoxy) is 2. The first-order chi connectivity index (χ1) is 14.4. The van der Waals surface area contributed by atoms with Crippen molar-refractivity contribution in [2.75, 3.05) is 18.7 Å². The molecule has 9 heteroatoms. The number of benzene rings is 2. The van der Waals surface area contributed by atoms with Crippen molar-refractivity contribution in [3.8, 4) is 11.5 Å². The van der Waals surface area contributed by atoms with Gasteiger partial charge in [0.1, 0.15) is 5.76 Å². The average Bonchev–Trinajstić information content (AvgIpc) is 3.39. The first kappa shape index (κ1) is 20.0. The van der Waals surface area contributed by atoms with Crippen LogP contribution in [0.3, 0.4) is 0 Å². The molecule has 2 heterocycles. The van der Waals surface area contributed by atoms with Gasteiger partial charge in [-0.1, -0.05) is 17.7 Å². The lowest BCUT2D eigenvalue weighted by Crippen LogP contribution is -2.37. The highest BCUT2D eigenvalue weighted by molar-refractivity contribution is 7.89. The van der Waals surface area contributed by atoms with Crippen LogP contribution >= 0.6 is 0 Å². The van der Waals surface area contributed by atoms with E-state index in [9.17, 15) is 13.2 Å². The summed E-state index contributed by atoms with van der Waals surface area (Å²) in [5, 5.41) is 2.70. The predicted molar refractivity (Wildman–Crippen MR) is 109 cm³/mol. The Labute approximate surface area is 174 Å². The van der Waals surface area contributed by atoms with Crippen molar-refractivity contribution in [2.45, 2.75) is 18.4 Å². The van der Waals surface area contributed by atoms with Crippen molar-refractivity contribution in [1.29, 1.82) is 0 Å². The van der Waals surface area contributed by atoms with Gasteiger partial charge in [-0.05, 0) is 43.3 Å². The molecule has 8 nitrogen and oxygen atoms in total. The van der Waals surface area contributed by atoms with E-state index in [-0.39, 0.29) is 24.8 Å². The van der Waals surface area contributed by atoms with Crippen molar-refractivity contribution in [3.63, 3.8) is 0 Å². The minimum Gasteiger partial charge on any atom is -0.468 e. The van der Waals surface area contributed by atoms with Crippen molar-refractivity contribution in [1.82, 2.24) is 4.31 Å². The summed E-state index contributed by atoms with van der Waals surface area (Å²) in [4.78, 5) is 12.8. The highest BCUT2D eigenvalue weighted by atomic mass is 32.2. The molecule has 0 bridgehead atoms. The van der Waals surface area contributed by atoms with Crippen molar-refractivity contribution in [3.05, 3.63) is 72.2 Å². The zero-order valence-corrected chi connectivity index (χ0v) is 17.0. The fraction of sp³-hybridized carbons (Fsp3) is 0.190. The molecule has 30 heavy (non-hydrogen) atoms. The number of hydrogen-bond donors (Lipinski definition) is 1. The molecule has 1 N–H and O–H groups in total. The SMILES string of the molecule is Cc1ccc(S(=O)(=O)N(CC(=O)Nc2ccc3c(c2)OCO3)Cc2ccco2)cc1. The van der Waals surface area contributed by atoms with Gasteiger partial charge in [-0.2, -0.15) is 4.31 Å². The quantitative estimate of drug-likeness (QED) is 0.621. The van der Waals surface area contributed by atoms with Crippen LogP contribution in [-0.4, -0.2) is 32.0 Å². The smallest absolute Gasteiger partial charge is 0.243 e. The molecule has 0 unspecified atom stereocenters. The maximum Gasteiger partial charge on any atom is 0.243 e. The number of fused-ring (bicyclic) bond motifs is 1. The van der Waals surface area contributed by atoms with Gasteiger partial charge in [-0.15, -0.1) is 0 Å². The second-order valence-electron chi connectivity index (χ2n) is 6.78. The molecule has 1 aliphatic rings. The molecule has 1 aliphatic heterocycles. The number of aryl methyl sites for hydroxylation is 1. The Balaban J connectivity index is 1.55. The summed E-state index contributed by atoms with van der Waals surface area (Å²) in [7, 11) is -3.92. The van der Waals surface area contributed by atoms with Crippen LogP contribution in [0.25, 0.3) is 0 Å². The molecule has 0 aliphatic carbocycles. The van der Waals surface area contributed by atoms with Gasteiger partial charge < -0.3 is 19.2 Å². The first-order valence-electron chi connectivity index (χ1n) is 9.20. The lowest BCUT2D eigenvalue weighted by Gasteiger charge is -2.21. The summed E-state index contributed by atoms with van der Waals surface area (Å²) >= 11 is 0. The summed E-state index contributed by atoms with van der Waals surface area (Å²) < 4.78 is 43.3. The standard InChI is InChI=1S/C21H20N2O6S/c1-15-4-7-18(8-5-15)30(25,26)23(12-17-3-2-10-27-17)13-21(24)22-16-6-9-19-20(11-16)29-14-28-19/h2-11H,12-14H2,1H3,(H,22,24). The van der Waals surface area contributed by atoms with Crippen molar-refractivity contribution < 1.29 is 27.1 Å². The first-order valence-corrected chi connectivity index (χ1v) is 10.6. The van der Waals surface area contributed by atoms with E-state index in [0.717, 1.165) is 9.87 Å². The Kier molecular flexibility index (Phi) is 5.47. The summed E-state index contributed by atoms with van der Waals surface area (Å²) in [5.74, 6) is 1.06. The lowest BCUT2D eigenvalue weighted by atomic mass is 10.2. The van der Waals surface area contributed by atoms with E-state index < -0.39 is 15.9 Å². The molecule has 1 aromatic heterocycles. The van der Waals surface area contributed by atoms with Gasteiger partial charge in [0.15, 0.2) is 11.5 Å². The van der Waals surface area contributed by atoms with Gasteiger partial charge in [-0.3, -0.25) is 4.79 Å². The molecule has 0 saturated carbocycles. The summed E-state index contributed by atoms with van der Waals surface area (Å²) in [6.45, 7) is 1.54. The van der Waals surface area contributed by atoms with Gasteiger partial charge in [-0.25, -0.2) is 8.42 Å². The normalized spacial score (nSPS) is 12.9. The van der Waals surface area contributed by atoms with Gasteiger partial charge >= 0.3 is 0 Å². The molecule has 4 rings (SSSR count). The second-order valence-corrected chi connectivity index (χ2v) is 8.72. The third-order valence-electron chi connectivity index (χ3n) is 4.55. The van der Waals surface area contributed by atoms with Gasteiger partial charge in [0.05, 0.1) is 24.2 Å². The van der Waals surface area contributed by atoms with Gasteiger partial charge in [0.2, 0.25) is 22.7 Å². The Morgan fingerprint density at radius 2 is 1.83 bits per heavy atom. The van der Waals surface area contributed by atoms with Crippen LogP contribution < -0.4 is 14.8 Å². The maximum atomic E-state index is 13.2. The fourth-order valence-electron chi connectivity index (χ4n) is 3.00. The molecule has 0 saturated heterocycles. The minimum absolute atomic E-state index is 0.0717. The molecule has 3 aromatic rings. The van der Waals surface area contributed by atoms with Gasteiger partial charge in [0.25, 0.3) is 0 Å². The largest absolute Gasteiger partial charge is 0.468 e. The maximum absolute atomic E-state index is 13.2. The number of anilines is 1. The van der Waals surface area contributed by atoms with E-state index in [0.29, 0.717) is 22.9 Å². The van der Waals surface area contributed by atoms with Crippen molar-refractivity contribution >= 4 is 21.6 Å². The summed E-state index contributed by atoms with van der Waals surface area (Å²) in [6.07, 6.45) is 1.46. The van der Waals surface area contributed by atoms with Crippen LogP contribution in [0.5, 0.6) is 11.5 Å². The van der Waals surface area contributed by atoms with E-state index >= 15 is 0 Å². The number of carbonyl (C=O) groups excluding carboxylic acids is 1. The Morgan fingerprint density at radius 1 is 1.07 bits per heavy atom. The molecule has 1 amide bonds. The number of rotatable bonds is 7. The molecule has 2 aromatic carbocycles. The highest BCUT2D eigenvalue weighted by Gasteiger charge is 2.28. The van der Waals surface area contributed by atoms with Crippen LogP contribution in [0.1, 0.15) is 11.3 Å². The zero-order valence-electron chi connectivity index (χ0n) is 16.2. The van der Waals surface area contributed by atoms with E-state index in [4.69, 9.17) is 13.9 Å². The molecule has 0 atom stereocenters. The third kappa shape index (κ3) is 4.32. The zero-order chi connectivity index (χ0) is 21.1. The molecular weight excluding hydrogens is 408 g/mol. The molecule has 0 spiro atoms. The van der Waals surface area contributed by atoms with Crippen LogP contribution in [0.2, 0.25) is 0 Å². The lowest BCUT2D eigenvalue weighted by molar-refractivity contribution is -0.116. The van der Waals surface area contributed by atoms with E-state index in [1.165, 1.54) is 18.4 Å². The van der Waals surface area contributed by atoms with Crippen LogP contribution in [-0.2, 0) is 21.4 Å². The van der Waals surface area contributed by atoms with Crippen LogP contribution in [0, 0.1) is 6.92 Å². The monoisotopic (exact) mass is 428 g/mol. The fourth-order valence-corrected chi connectivity index (χ4v) is 4.36. The number of nitrogens with zero attached hydrogens (tertiary/aromatic N) is 1. The number of sulfonamides is 1. The van der Waals surface area contributed by atoms with Crippen LogP contribution in [0.15, 0.2) is 70.2 Å². The number of nitrogens with one attached hydrogen (secondary N) is 1. The number of hydrogen-bond acceptors (Lipinski definition) is 6. The molecular formula is C21H20N2O6S. The Morgan fingerprint density at radius 3 is 2.57 bits per heavy atom. The second kappa shape index (κ2) is 8.21. The highest BCUT2D eigenvalue weighted by Crippen LogP contribution is 2.34.